The van der Waals surface area contributed by atoms with Crippen LogP contribution in [-0.2, 0) is 9.59 Å². The van der Waals surface area contributed by atoms with Crippen molar-refractivity contribution in [2.75, 3.05) is 19.7 Å². The highest BCUT2D eigenvalue weighted by Crippen LogP contribution is 2.26. The van der Waals surface area contributed by atoms with Crippen molar-refractivity contribution in [1.82, 2.24) is 4.90 Å². The van der Waals surface area contributed by atoms with Crippen LogP contribution in [0.15, 0.2) is 24.3 Å². The number of rotatable bonds is 7. The molecule has 1 aromatic carbocycles. The summed E-state index contributed by atoms with van der Waals surface area (Å²) in [6.07, 6.45) is 1.93. The van der Waals surface area contributed by atoms with Crippen molar-refractivity contribution >= 4 is 17.6 Å². The lowest BCUT2D eigenvalue weighted by Crippen LogP contribution is -2.42. The Morgan fingerprint density at radius 3 is 2.83 bits per heavy atom. The summed E-state index contributed by atoms with van der Waals surface area (Å²) in [6, 6.07) is 6.08. The summed E-state index contributed by atoms with van der Waals surface area (Å²) in [5.41, 5.74) is -0.107. The highest BCUT2D eigenvalue weighted by atomic mass is 16.6. The molecule has 1 heterocycles. The molecule has 0 aliphatic carbocycles. The molecule has 1 amide bonds. The number of carboxylic acids is 1. The van der Waals surface area contributed by atoms with Crippen LogP contribution in [-0.4, -0.2) is 46.5 Å². The van der Waals surface area contributed by atoms with Crippen LogP contribution >= 0.6 is 0 Å². The van der Waals surface area contributed by atoms with Crippen molar-refractivity contribution in [3.63, 3.8) is 0 Å². The van der Waals surface area contributed by atoms with Crippen LogP contribution in [0.3, 0.4) is 0 Å². The lowest BCUT2D eigenvalue weighted by molar-refractivity contribution is -0.385. The van der Waals surface area contributed by atoms with Gasteiger partial charge in [-0.05, 0) is 25.3 Å². The molecule has 1 N–H and O–H groups in total. The zero-order valence-corrected chi connectivity index (χ0v) is 13.2. The predicted octanol–water partition coefficient (Wildman–Crippen LogP) is 2.08. The van der Waals surface area contributed by atoms with Crippen LogP contribution in [0.1, 0.15) is 25.7 Å². The lowest BCUT2D eigenvalue weighted by atomic mass is 9.98. The quantitative estimate of drug-likeness (QED) is 0.464. The second-order valence-electron chi connectivity index (χ2n) is 5.69. The molecule has 0 aromatic heterocycles. The Balaban J connectivity index is 1.77. The number of amides is 1. The van der Waals surface area contributed by atoms with Crippen LogP contribution in [0, 0.1) is 16.0 Å². The van der Waals surface area contributed by atoms with E-state index in [9.17, 15) is 19.7 Å². The van der Waals surface area contributed by atoms with Gasteiger partial charge in [0.25, 0.3) is 0 Å². The molecule has 0 radical (unpaired) electrons. The molecule has 24 heavy (non-hydrogen) atoms. The number of benzene rings is 1. The normalized spacial score (nSPS) is 17.3. The fourth-order valence-electron chi connectivity index (χ4n) is 2.70. The molecule has 2 rings (SSSR count). The van der Waals surface area contributed by atoms with Crippen molar-refractivity contribution < 1.29 is 24.4 Å². The number of nitrogens with zero attached hydrogens (tertiary/aromatic N) is 2. The molecule has 1 aliphatic rings. The summed E-state index contributed by atoms with van der Waals surface area (Å²) >= 11 is 0. The summed E-state index contributed by atoms with van der Waals surface area (Å²) in [5.74, 6) is -1.29. The number of nitro benzene ring substituents is 1. The maximum Gasteiger partial charge on any atom is 0.310 e. The summed E-state index contributed by atoms with van der Waals surface area (Å²) < 4.78 is 5.39. The number of para-hydroxylation sites is 2. The van der Waals surface area contributed by atoms with E-state index in [-0.39, 0.29) is 36.9 Å². The van der Waals surface area contributed by atoms with E-state index < -0.39 is 16.8 Å². The number of hydrogen-bond acceptors (Lipinski definition) is 5. The van der Waals surface area contributed by atoms with Crippen molar-refractivity contribution in [3.8, 4) is 5.75 Å². The molecule has 1 saturated heterocycles. The Morgan fingerprint density at radius 1 is 1.38 bits per heavy atom. The first-order chi connectivity index (χ1) is 11.5. The van der Waals surface area contributed by atoms with E-state index in [4.69, 9.17) is 9.84 Å². The van der Waals surface area contributed by atoms with Crippen LogP contribution in [0.5, 0.6) is 5.75 Å². The second kappa shape index (κ2) is 8.28. The predicted molar refractivity (Wildman–Crippen MR) is 84.8 cm³/mol. The fraction of sp³-hybridized carbons (Fsp3) is 0.500. The second-order valence-corrected chi connectivity index (χ2v) is 5.69. The minimum Gasteiger partial charge on any atom is -0.487 e. The first kappa shape index (κ1) is 17.7. The Labute approximate surface area is 139 Å². The number of ether oxygens (including phenoxy) is 1. The summed E-state index contributed by atoms with van der Waals surface area (Å²) in [4.78, 5) is 35.1. The molecule has 1 unspecified atom stereocenters. The number of carbonyl (C=O) groups is 2. The average molecular weight is 336 g/mol. The van der Waals surface area contributed by atoms with Crippen LogP contribution in [0.2, 0.25) is 0 Å². The Morgan fingerprint density at radius 2 is 2.12 bits per heavy atom. The third kappa shape index (κ3) is 4.68. The first-order valence-electron chi connectivity index (χ1n) is 7.86. The van der Waals surface area contributed by atoms with E-state index in [0.29, 0.717) is 25.8 Å². The highest BCUT2D eigenvalue weighted by molar-refractivity contribution is 5.78. The SMILES string of the molecule is O=C(O)C1CCCN(C(=O)CCCOc2ccccc2[N+](=O)[O-])C1. The van der Waals surface area contributed by atoms with E-state index in [1.165, 1.54) is 12.1 Å². The van der Waals surface area contributed by atoms with Gasteiger partial charge in [0.05, 0.1) is 17.4 Å². The maximum absolute atomic E-state index is 12.1. The molecule has 8 nitrogen and oxygen atoms in total. The number of aliphatic carboxylic acids is 1. The number of carboxylic acid groups (broad SMARTS) is 1. The van der Waals surface area contributed by atoms with Gasteiger partial charge in [0.2, 0.25) is 5.91 Å². The zero-order chi connectivity index (χ0) is 17.5. The number of nitro groups is 1. The van der Waals surface area contributed by atoms with Crippen molar-refractivity contribution in [3.05, 3.63) is 34.4 Å². The Hall–Kier alpha value is -2.64. The van der Waals surface area contributed by atoms with Gasteiger partial charge in [-0.2, -0.15) is 0 Å². The molecule has 1 atom stereocenters. The van der Waals surface area contributed by atoms with Gasteiger partial charge in [-0.15, -0.1) is 0 Å². The molecule has 1 aliphatic heterocycles. The summed E-state index contributed by atoms with van der Waals surface area (Å²) in [5, 5.41) is 19.9. The molecule has 0 saturated carbocycles. The Kier molecular flexibility index (Phi) is 6.11. The average Bonchev–Trinajstić information content (AvgIpc) is 2.58. The van der Waals surface area contributed by atoms with E-state index >= 15 is 0 Å². The molecule has 0 bridgehead atoms. The monoisotopic (exact) mass is 336 g/mol. The number of likely N-dealkylation sites (tertiary alicyclic amines) is 1. The highest BCUT2D eigenvalue weighted by Gasteiger charge is 2.27. The Bertz CT molecular complexity index is 618. The lowest BCUT2D eigenvalue weighted by Gasteiger charge is -2.30. The summed E-state index contributed by atoms with van der Waals surface area (Å²) in [7, 11) is 0. The number of hydrogen-bond donors (Lipinski definition) is 1. The smallest absolute Gasteiger partial charge is 0.310 e. The van der Waals surface area contributed by atoms with Gasteiger partial charge in [0.1, 0.15) is 0 Å². The van der Waals surface area contributed by atoms with Crippen molar-refractivity contribution in [1.29, 1.82) is 0 Å². The number of piperidine rings is 1. The maximum atomic E-state index is 12.1. The molecule has 8 heteroatoms. The van der Waals surface area contributed by atoms with E-state index in [1.807, 2.05) is 0 Å². The van der Waals surface area contributed by atoms with Crippen molar-refractivity contribution in [2.24, 2.45) is 5.92 Å². The van der Waals surface area contributed by atoms with E-state index in [0.717, 1.165) is 0 Å². The molecule has 1 aromatic rings. The molecule has 0 spiro atoms. The minimum absolute atomic E-state index is 0.105. The van der Waals surface area contributed by atoms with E-state index in [2.05, 4.69) is 0 Å². The van der Waals surface area contributed by atoms with Gasteiger partial charge >= 0.3 is 11.7 Å². The van der Waals surface area contributed by atoms with Gasteiger partial charge < -0.3 is 14.7 Å². The third-order valence-electron chi connectivity index (χ3n) is 3.98. The molecule has 1 fully saturated rings. The van der Waals surface area contributed by atoms with Crippen LogP contribution in [0.25, 0.3) is 0 Å². The molecular weight excluding hydrogens is 316 g/mol. The van der Waals surface area contributed by atoms with Gasteiger partial charge in [-0.1, -0.05) is 12.1 Å². The van der Waals surface area contributed by atoms with Gasteiger partial charge in [0.15, 0.2) is 5.75 Å². The van der Waals surface area contributed by atoms with Gasteiger partial charge in [0, 0.05) is 25.6 Å². The molecular formula is C16H20N2O6. The van der Waals surface area contributed by atoms with E-state index in [1.54, 1.807) is 17.0 Å². The topological polar surface area (TPSA) is 110 Å². The van der Waals surface area contributed by atoms with Crippen molar-refractivity contribution in [2.45, 2.75) is 25.7 Å². The van der Waals surface area contributed by atoms with Gasteiger partial charge in [-0.3, -0.25) is 19.7 Å². The number of carbonyl (C=O) groups excluding carboxylic acids is 1. The zero-order valence-electron chi connectivity index (χ0n) is 13.2. The fourth-order valence-corrected chi connectivity index (χ4v) is 2.70. The van der Waals surface area contributed by atoms with Crippen LogP contribution in [0.4, 0.5) is 5.69 Å². The third-order valence-corrected chi connectivity index (χ3v) is 3.98. The molecule has 130 valence electrons. The first-order valence-corrected chi connectivity index (χ1v) is 7.86. The minimum atomic E-state index is -0.868. The summed E-state index contributed by atoms with van der Waals surface area (Å²) in [6.45, 7) is 1.01. The van der Waals surface area contributed by atoms with Crippen LogP contribution < -0.4 is 4.74 Å². The van der Waals surface area contributed by atoms with Gasteiger partial charge in [-0.25, -0.2) is 0 Å². The standard InChI is InChI=1S/C16H20N2O6/c19-15(17-9-3-5-12(11-17)16(20)21)8-4-10-24-14-7-2-1-6-13(14)18(22)23/h1-2,6-7,12H,3-5,8-11H2,(H,20,21). The largest absolute Gasteiger partial charge is 0.487 e.